The van der Waals surface area contributed by atoms with E-state index in [0.717, 1.165) is 23.4 Å². The summed E-state index contributed by atoms with van der Waals surface area (Å²) >= 11 is 7.81. The summed E-state index contributed by atoms with van der Waals surface area (Å²) in [5.41, 5.74) is 3.54. The first kappa shape index (κ1) is 23.5. The number of aliphatic carboxylic acids is 2. The van der Waals surface area contributed by atoms with Crippen LogP contribution in [0.1, 0.15) is 17.5 Å². The average molecular weight is 448 g/mol. The van der Waals surface area contributed by atoms with Gasteiger partial charge in [-0.25, -0.2) is 9.59 Å². The van der Waals surface area contributed by atoms with Gasteiger partial charge < -0.3 is 20.2 Å². The minimum absolute atomic E-state index is 0.139. The van der Waals surface area contributed by atoms with Gasteiger partial charge >= 0.3 is 11.9 Å². The Labute approximate surface area is 184 Å². The maximum atomic E-state index is 9.89. The van der Waals surface area contributed by atoms with Crippen molar-refractivity contribution in [2.75, 3.05) is 20.6 Å². The molecule has 2 aromatic carbocycles. The van der Waals surface area contributed by atoms with Crippen molar-refractivity contribution in [3.63, 3.8) is 0 Å². The summed E-state index contributed by atoms with van der Waals surface area (Å²) in [7, 11) is 4.15. The normalized spacial score (nSPS) is 13.5. The second-order valence-electron chi connectivity index (χ2n) is 6.62. The summed E-state index contributed by atoms with van der Waals surface area (Å²) < 4.78 is 0. The Kier molecular flexibility index (Phi) is 8.53. The van der Waals surface area contributed by atoms with E-state index < -0.39 is 11.9 Å². The first-order chi connectivity index (χ1) is 14.2. The summed E-state index contributed by atoms with van der Waals surface area (Å²) in [6, 6.07) is 12.0. The molecule has 158 valence electrons. The number of rotatable bonds is 5. The quantitative estimate of drug-likeness (QED) is 0.491. The van der Waals surface area contributed by atoms with Gasteiger partial charge in [0.1, 0.15) is 5.75 Å². The highest BCUT2D eigenvalue weighted by Crippen LogP contribution is 2.47. The smallest absolute Gasteiger partial charge is 0.328 e. The molecule has 3 N–H and O–H groups in total. The fourth-order valence-electron chi connectivity index (χ4n) is 2.71. The molecule has 0 bridgehead atoms. The van der Waals surface area contributed by atoms with E-state index in [2.05, 4.69) is 43.3 Å². The molecular weight excluding hydrogens is 426 g/mol. The molecule has 1 aliphatic heterocycles. The van der Waals surface area contributed by atoms with Gasteiger partial charge in [-0.1, -0.05) is 47.6 Å². The fraction of sp³-hybridized carbons (Fsp3) is 0.182. The summed E-state index contributed by atoms with van der Waals surface area (Å²) in [4.78, 5) is 23.5. The van der Waals surface area contributed by atoms with Crippen LogP contribution >= 0.6 is 23.4 Å². The van der Waals surface area contributed by atoms with Gasteiger partial charge in [-0.15, -0.1) is 0 Å². The molecule has 0 saturated carbocycles. The number of carbonyl (C=O) groups is 2. The molecule has 0 fully saturated rings. The third-order valence-corrected chi connectivity index (χ3v) is 5.47. The van der Waals surface area contributed by atoms with Crippen LogP contribution in [0, 0.1) is 0 Å². The highest BCUT2D eigenvalue weighted by atomic mass is 35.5. The first-order valence-electron chi connectivity index (χ1n) is 8.98. The molecule has 2 aromatic rings. The highest BCUT2D eigenvalue weighted by Gasteiger charge is 2.22. The van der Waals surface area contributed by atoms with Crippen LogP contribution < -0.4 is 0 Å². The first-order valence-corrected chi connectivity index (χ1v) is 10.2. The SMILES string of the molecule is CN(C)CC/C=C1/c2ccccc2Sc2cc(O)c(Cl)cc21.O=C(O)/C=C/C(=O)O. The van der Waals surface area contributed by atoms with E-state index in [0.29, 0.717) is 17.2 Å². The Morgan fingerprint density at radius 3 is 2.27 bits per heavy atom. The topological polar surface area (TPSA) is 98.1 Å². The standard InChI is InChI=1S/C18H18ClNOS.C4H4O4/c1-20(2)9-5-7-12-13-6-3-4-8-17(13)22-18-11-16(21)15(19)10-14(12)18;5-3(6)1-2-4(7)8/h3-4,6-8,10-11,21H,5,9H2,1-2H3;1-2H,(H,5,6)(H,7,8)/b12-7-;2-1+. The third-order valence-electron chi connectivity index (χ3n) is 4.03. The van der Waals surface area contributed by atoms with Gasteiger partial charge in [0.2, 0.25) is 0 Å². The molecule has 1 heterocycles. The number of benzene rings is 2. The molecule has 8 heteroatoms. The van der Waals surface area contributed by atoms with Crippen molar-refractivity contribution >= 4 is 40.9 Å². The Bertz CT molecular complexity index is 985. The van der Waals surface area contributed by atoms with E-state index in [1.807, 2.05) is 12.1 Å². The van der Waals surface area contributed by atoms with Crippen molar-refractivity contribution in [1.29, 1.82) is 0 Å². The van der Waals surface area contributed by atoms with E-state index in [1.165, 1.54) is 16.0 Å². The average Bonchev–Trinajstić information content (AvgIpc) is 2.67. The van der Waals surface area contributed by atoms with Crippen LogP contribution in [0.15, 0.2) is 64.4 Å². The Hall–Kier alpha value is -2.74. The van der Waals surface area contributed by atoms with Gasteiger partial charge in [-0.05, 0) is 55.4 Å². The second kappa shape index (κ2) is 10.9. The van der Waals surface area contributed by atoms with E-state index in [9.17, 15) is 14.7 Å². The lowest BCUT2D eigenvalue weighted by Crippen LogP contribution is -2.12. The fourth-order valence-corrected chi connectivity index (χ4v) is 3.99. The van der Waals surface area contributed by atoms with Crippen LogP contribution in [-0.2, 0) is 9.59 Å². The number of phenolic OH excluding ortho intramolecular Hbond substituents is 1. The second-order valence-corrected chi connectivity index (χ2v) is 8.11. The number of nitrogens with zero attached hydrogens (tertiary/aromatic N) is 1. The van der Waals surface area contributed by atoms with Crippen molar-refractivity contribution in [2.24, 2.45) is 0 Å². The number of aromatic hydroxyl groups is 1. The summed E-state index contributed by atoms with van der Waals surface area (Å²) in [5, 5.41) is 25.9. The Morgan fingerprint density at radius 2 is 1.67 bits per heavy atom. The number of carboxylic acid groups (broad SMARTS) is 2. The molecule has 0 amide bonds. The lowest BCUT2D eigenvalue weighted by molar-refractivity contribution is -0.134. The molecule has 0 unspecified atom stereocenters. The number of phenols is 1. The number of hydrogen-bond acceptors (Lipinski definition) is 5. The van der Waals surface area contributed by atoms with Gasteiger partial charge in [0.05, 0.1) is 5.02 Å². The van der Waals surface area contributed by atoms with Crippen molar-refractivity contribution in [3.05, 3.63) is 70.8 Å². The molecule has 1 aliphatic rings. The molecule has 0 atom stereocenters. The molecule has 6 nitrogen and oxygen atoms in total. The predicted octanol–water partition coefficient (Wildman–Crippen LogP) is 4.61. The van der Waals surface area contributed by atoms with Crippen LogP contribution in [0.4, 0.5) is 0 Å². The number of hydrogen-bond donors (Lipinski definition) is 3. The largest absolute Gasteiger partial charge is 0.506 e. The molecule has 30 heavy (non-hydrogen) atoms. The lowest BCUT2D eigenvalue weighted by Gasteiger charge is -2.23. The number of carboxylic acids is 2. The molecule has 0 aromatic heterocycles. The number of fused-ring (bicyclic) bond motifs is 2. The van der Waals surface area contributed by atoms with Crippen LogP contribution in [0.2, 0.25) is 5.02 Å². The molecule has 0 aliphatic carbocycles. The van der Waals surface area contributed by atoms with Crippen molar-refractivity contribution in [2.45, 2.75) is 16.2 Å². The van der Waals surface area contributed by atoms with Gasteiger partial charge in [-0.2, -0.15) is 0 Å². The van der Waals surface area contributed by atoms with Crippen LogP contribution in [0.3, 0.4) is 0 Å². The lowest BCUT2D eigenvalue weighted by atomic mass is 9.96. The van der Waals surface area contributed by atoms with Crippen molar-refractivity contribution in [1.82, 2.24) is 4.90 Å². The summed E-state index contributed by atoms with van der Waals surface area (Å²) in [6.07, 6.45) is 4.36. The minimum atomic E-state index is -1.26. The van der Waals surface area contributed by atoms with E-state index in [-0.39, 0.29) is 5.75 Å². The molecular formula is C22H22ClNO5S. The third kappa shape index (κ3) is 6.66. The summed E-state index contributed by atoms with van der Waals surface area (Å²) in [5.74, 6) is -2.38. The Morgan fingerprint density at radius 1 is 1.03 bits per heavy atom. The minimum Gasteiger partial charge on any atom is -0.506 e. The summed E-state index contributed by atoms with van der Waals surface area (Å²) in [6.45, 7) is 1.000. The van der Waals surface area contributed by atoms with Crippen molar-refractivity contribution in [3.8, 4) is 5.75 Å². The zero-order valence-corrected chi connectivity index (χ0v) is 18.1. The molecule has 0 radical (unpaired) electrons. The van der Waals surface area contributed by atoms with Crippen LogP contribution in [-0.4, -0.2) is 52.8 Å². The zero-order valence-electron chi connectivity index (χ0n) is 16.5. The predicted molar refractivity (Wildman–Crippen MR) is 118 cm³/mol. The van der Waals surface area contributed by atoms with Crippen LogP contribution in [0.5, 0.6) is 5.75 Å². The van der Waals surface area contributed by atoms with Gasteiger partial charge in [-0.3, -0.25) is 0 Å². The molecule has 3 rings (SSSR count). The van der Waals surface area contributed by atoms with E-state index in [4.69, 9.17) is 21.8 Å². The van der Waals surface area contributed by atoms with Gasteiger partial charge in [0.15, 0.2) is 0 Å². The van der Waals surface area contributed by atoms with Crippen molar-refractivity contribution < 1.29 is 24.9 Å². The van der Waals surface area contributed by atoms with Gasteiger partial charge in [0.25, 0.3) is 0 Å². The van der Waals surface area contributed by atoms with Crippen LogP contribution in [0.25, 0.3) is 5.57 Å². The Balaban J connectivity index is 0.000000343. The highest BCUT2D eigenvalue weighted by molar-refractivity contribution is 7.99. The van der Waals surface area contributed by atoms with E-state index in [1.54, 1.807) is 17.8 Å². The monoisotopic (exact) mass is 447 g/mol. The molecule has 0 saturated heterocycles. The maximum absolute atomic E-state index is 9.89. The molecule has 0 spiro atoms. The van der Waals surface area contributed by atoms with Gasteiger partial charge in [0, 0.05) is 28.5 Å². The maximum Gasteiger partial charge on any atom is 0.328 e. The zero-order chi connectivity index (χ0) is 22.3. The number of halogens is 1. The van der Waals surface area contributed by atoms with E-state index >= 15 is 0 Å².